The molecule has 100 valence electrons. The van der Waals surface area contributed by atoms with Gasteiger partial charge in [0.25, 0.3) is 0 Å². The van der Waals surface area contributed by atoms with Gasteiger partial charge in [0.2, 0.25) is 0 Å². The second-order valence-corrected chi connectivity index (χ2v) is 5.90. The maximum atomic E-state index is 9.53. The van der Waals surface area contributed by atoms with Crippen LogP contribution < -0.4 is 5.32 Å². The average Bonchev–Trinajstić information content (AvgIpc) is 2.45. The van der Waals surface area contributed by atoms with Crippen molar-refractivity contribution in [3.05, 3.63) is 58.8 Å². The minimum absolute atomic E-state index is 0.315. The van der Waals surface area contributed by atoms with E-state index in [2.05, 4.69) is 32.3 Å². The Morgan fingerprint density at radius 1 is 1.20 bits per heavy atom. The van der Waals surface area contributed by atoms with Crippen molar-refractivity contribution in [2.75, 3.05) is 5.32 Å². The quantitative estimate of drug-likeness (QED) is 0.870. The number of benzene rings is 1. The smallest absolute Gasteiger partial charge is 0.129 e. The summed E-state index contributed by atoms with van der Waals surface area (Å²) >= 11 is 3.43. The normalized spacial score (nSPS) is 24.5. The van der Waals surface area contributed by atoms with Crippen molar-refractivity contribution in [3.63, 3.8) is 0 Å². The molecule has 0 amide bonds. The highest BCUT2D eigenvalue weighted by atomic mass is 79.9. The summed E-state index contributed by atoms with van der Waals surface area (Å²) in [7, 11) is 0. The number of hydrogen-bond acceptors (Lipinski definition) is 3. The molecule has 1 fully saturated rings. The predicted octanol–water partition coefficient (Wildman–Crippen LogP) is 3.88. The second kappa shape index (κ2) is 5.26. The first-order chi connectivity index (χ1) is 9.73. The molecule has 4 heteroatoms. The first kappa shape index (κ1) is 13.1. The van der Waals surface area contributed by atoms with Crippen LogP contribution in [0.4, 0.5) is 5.69 Å². The summed E-state index contributed by atoms with van der Waals surface area (Å²) in [5, 5.41) is 13.0. The molecule has 1 aromatic heterocycles. The second-order valence-electron chi connectivity index (χ2n) is 5.15. The topological polar surface area (TPSA) is 48.7 Å². The lowest BCUT2D eigenvalue weighted by molar-refractivity contribution is 0.289. The Balaban J connectivity index is 1.72. The molecule has 1 saturated carbocycles. The van der Waals surface area contributed by atoms with Crippen LogP contribution in [-0.4, -0.2) is 11.0 Å². The number of nitriles is 1. The van der Waals surface area contributed by atoms with Gasteiger partial charge in [0.05, 0.1) is 17.2 Å². The van der Waals surface area contributed by atoms with Crippen LogP contribution in [0, 0.1) is 11.3 Å². The molecule has 1 aliphatic carbocycles. The van der Waals surface area contributed by atoms with Gasteiger partial charge in [-0.15, -0.1) is 0 Å². The lowest BCUT2D eigenvalue weighted by Crippen LogP contribution is -2.47. The molecular weight excluding hydrogens is 314 g/mol. The van der Waals surface area contributed by atoms with E-state index in [0.717, 1.165) is 28.7 Å². The fourth-order valence-corrected chi connectivity index (χ4v) is 3.11. The molecule has 0 bridgehead atoms. The van der Waals surface area contributed by atoms with Gasteiger partial charge in [-0.25, -0.2) is 4.98 Å². The highest BCUT2D eigenvalue weighted by molar-refractivity contribution is 9.10. The Morgan fingerprint density at radius 3 is 2.60 bits per heavy atom. The van der Waals surface area contributed by atoms with E-state index in [1.165, 1.54) is 0 Å². The zero-order valence-corrected chi connectivity index (χ0v) is 12.5. The third kappa shape index (κ3) is 2.30. The first-order valence-electron chi connectivity index (χ1n) is 6.57. The highest BCUT2D eigenvalue weighted by Crippen LogP contribution is 2.44. The number of pyridine rings is 1. The summed E-state index contributed by atoms with van der Waals surface area (Å²) in [4.78, 5) is 4.19. The zero-order chi connectivity index (χ0) is 14.0. The zero-order valence-electron chi connectivity index (χ0n) is 10.9. The number of hydrogen-bond donors (Lipinski definition) is 1. The minimum Gasteiger partial charge on any atom is -0.380 e. The summed E-state index contributed by atoms with van der Waals surface area (Å²) < 4.78 is 0.814. The van der Waals surface area contributed by atoms with Crippen molar-refractivity contribution >= 4 is 21.6 Å². The van der Waals surface area contributed by atoms with Crippen LogP contribution in [-0.2, 0) is 5.41 Å². The van der Waals surface area contributed by atoms with Gasteiger partial charge in [0.1, 0.15) is 4.60 Å². The van der Waals surface area contributed by atoms with Gasteiger partial charge in [-0.3, -0.25) is 0 Å². The van der Waals surface area contributed by atoms with E-state index in [1.54, 1.807) is 6.20 Å². The molecule has 20 heavy (non-hydrogen) atoms. The van der Waals surface area contributed by atoms with Gasteiger partial charge >= 0.3 is 0 Å². The van der Waals surface area contributed by atoms with E-state index in [9.17, 15) is 5.26 Å². The van der Waals surface area contributed by atoms with Crippen LogP contribution in [0.3, 0.4) is 0 Å². The fraction of sp³-hybridized carbons (Fsp3) is 0.250. The van der Waals surface area contributed by atoms with E-state index < -0.39 is 0 Å². The molecule has 0 saturated heterocycles. The van der Waals surface area contributed by atoms with Gasteiger partial charge in [-0.1, -0.05) is 30.3 Å². The van der Waals surface area contributed by atoms with Crippen LogP contribution >= 0.6 is 15.9 Å². The molecule has 0 aliphatic heterocycles. The number of rotatable bonds is 3. The third-order valence-corrected chi connectivity index (χ3v) is 4.48. The van der Waals surface area contributed by atoms with Crippen molar-refractivity contribution in [1.82, 2.24) is 4.98 Å². The Labute approximate surface area is 126 Å². The fourth-order valence-electron chi connectivity index (χ4n) is 2.75. The van der Waals surface area contributed by atoms with Crippen LogP contribution in [0.25, 0.3) is 0 Å². The summed E-state index contributed by atoms with van der Waals surface area (Å²) in [6.45, 7) is 0. The molecule has 0 spiro atoms. The summed E-state index contributed by atoms with van der Waals surface area (Å²) in [5.41, 5.74) is 1.76. The predicted molar refractivity (Wildman–Crippen MR) is 82.3 cm³/mol. The third-order valence-electron chi connectivity index (χ3n) is 3.85. The van der Waals surface area contributed by atoms with E-state index in [-0.39, 0.29) is 5.41 Å². The average molecular weight is 328 g/mol. The van der Waals surface area contributed by atoms with Gasteiger partial charge < -0.3 is 5.32 Å². The van der Waals surface area contributed by atoms with Crippen LogP contribution in [0.15, 0.2) is 53.3 Å². The first-order valence-corrected chi connectivity index (χ1v) is 7.37. The van der Waals surface area contributed by atoms with Gasteiger partial charge in [-0.2, -0.15) is 5.26 Å². The van der Waals surface area contributed by atoms with Gasteiger partial charge in [0.15, 0.2) is 0 Å². The van der Waals surface area contributed by atoms with Gasteiger partial charge in [0, 0.05) is 12.2 Å². The molecule has 1 heterocycles. The Bertz CT molecular complexity index is 642. The highest BCUT2D eigenvalue weighted by Gasteiger charge is 2.46. The Morgan fingerprint density at radius 2 is 1.95 bits per heavy atom. The SMILES string of the molecule is N#CC1(c2ccccc2)CC(Nc2cccnc2Br)C1. The van der Waals surface area contributed by atoms with Crippen molar-refractivity contribution in [3.8, 4) is 6.07 Å². The van der Waals surface area contributed by atoms with E-state index in [1.807, 2.05) is 42.5 Å². The maximum Gasteiger partial charge on any atom is 0.129 e. The van der Waals surface area contributed by atoms with Crippen molar-refractivity contribution in [1.29, 1.82) is 5.26 Å². The van der Waals surface area contributed by atoms with E-state index in [4.69, 9.17) is 0 Å². The number of nitrogens with one attached hydrogen (secondary N) is 1. The van der Waals surface area contributed by atoms with E-state index in [0.29, 0.717) is 6.04 Å². The largest absolute Gasteiger partial charge is 0.380 e. The molecule has 2 aromatic rings. The molecule has 3 rings (SSSR count). The molecule has 0 unspecified atom stereocenters. The molecule has 1 aromatic carbocycles. The van der Waals surface area contributed by atoms with Gasteiger partial charge in [-0.05, 0) is 46.5 Å². The standard InChI is InChI=1S/C16H14BrN3/c17-15-14(7-4-8-19-15)20-13-9-16(10-13,11-18)12-5-2-1-3-6-12/h1-8,13,20H,9-10H2. The van der Waals surface area contributed by atoms with Crippen molar-refractivity contribution < 1.29 is 0 Å². The maximum absolute atomic E-state index is 9.53. The summed E-state index contributed by atoms with van der Waals surface area (Å²) in [6.07, 6.45) is 3.41. The Hall–Kier alpha value is -1.86. The Kier molecular flexibility index (Phi) is 3.45. The van der Waals surface area contributed by atoms with Crippen LogP contribution in [0.5, 0.6) is 0 Å². The van der Waals surface area contributed by atoms with E-state index >= 15 is 0 Å². The number of nitrogens with zero attached hydrogens (tertiary/aromatic N) is 2. The monoisotopic (exact) mass is 327 g/mol. The molecular formula is C16H14BrN3. The minimum atomic E-state index is -0.340. The summed E-state index contributed by atoms with van der Waals surface area (Å²) in [6, 6.07) is 16.8. The molecule has 0 radical (unpaired) electrons. The molecule has 3 nitrogen and oxygen atoms in total. The molecule has 0 atom stereocenters. The molecule has 1 aliphatic rings. The van der Waals surface area contributed by atoms with Crippen LogP contribution in [0.2, 0.25) is 0 Å². The number of aromatic nitrogens is 1. The lowest BCUT2D eigenvalue weighted by atomic mass is 9.62. The summed E-state index contributed by atoms with van der Waals surface area (Å²) in [5.74, 6) is 0. The lowest BCUT2D eigenvalue weighted by Gasteiger charge is -2.43. The number of halogens is 1. The van der Waals surface area contributed by atoms with Crippen molar-refractivity contribution in [2.45, 2.75) is 24.3 Å². The molecule has 1 N–H and O–H groups in total. The number of anilines is 1. The van der Waals surface area contributed by atoms with Crippen LogP contribution in [0.1, 0.15) is 18.4 Å². The van der Waals surface area contributed by atoms with Crippen molar-refractivity contribution in [2.24, 2.45) is 0 Å².